The van der Waals surface area contributed by atoms with Gasteiger partial charge >= 0.3 is 32.8 Å². The number of amides is 4. The lowest BCUT2D eigenvalue weighted by atomic mass is 10.1. The maximum absolute atomic E-state index is 13.8. The summed E-state index contributed by atoms with van der Waals surface area (Å²) in [5, 5.41) is 1.48. The first kappa shape index (κ1) is 33.9. The zero-order chi connectivity index (χ0) is 31.6. The zero-order valence-electron chi connectivity index (χ0n) is 23.5. The van der Waals surface area contributed by atoms with Crippen LogP contribution in [-0.2, 0) is 33.2 Å². The lowest BCUT2D eigenvalue weighted by Crippen LogP contribution is -2.61. The summed E-state index contributed by atoms with van der Waals surface area (Å²) in [6.07, 6.45) is -4.60. The molecule has 0 aliphatic heterocycles. The molecule has 15 heteroatoms. The summed E-state index contributed by atoms with van der Waals surface area (Å²) in [5.74, 6) is -4.94. The van der Waals surface area contributed by atoms with Crippen LogP contribution in [-0.4, -0.2) is 82.4 Å². The van der Waals surface area contributed by atoms with Crippen molar-refractivity contribution in [2.45, 2.75) is 39.5 Å². The highest BCUT2D eigenvalue weighted by molar-refractivity contribution is 7.23. The van der Waals surface area contributed by atoms with E-state index >= 15 is 0 Å². The van der Waals surface area contributed by atoms with E-state index in [4.69, 9.17) is 25.8 Å². The molecule has 4 amide bonds. The van der Waals surface area contributed by atoms with Gasteiger partial charge in [-0.15, -0.1) is 5.01 Å². The molecule has 2 unspecified atom stereocenters. The second kappa shape index (κ2) is 15.0. The van der Waals surface area contributed by atoms with Gasteiger partial charge in [0.05, 0.1) is 5.54 Å². The van der Waals surface area contributed by atoms with Gasteiger partial charge < -0.3 is 19.1 Å². The number of imide groups is 1. The predicted octanol–water partition coefficient (Wildman–Crippen LogP) is 3.65. The van der Waals surface area contributed by atoms with Crippen LogP contribution in [0.4, 0.5) is 4.79 Å². The minimum atomic E-state index is -2.39. The second-order valence-corrected chi connectivity index (χ2v) is 10.6. The molecule has 2 rings (SSSR count). The third-order valence-corrected chi connectivity index (χ3v) is 5.84. The highest BCUT2D eigenvalue weighted by atomic mass is 35.5. The monoisotopic (exact) mass is 622 g/mol. The molecule has 13 nitrogen and oxygen atoms in total. The van der Waals surface area contributed by atoms with Crippen LogP contribution in [0.2, 0.25) is 5.02 Å². The number of halogens is 1. The molecule has 0 bridgehead atoms. The molecule has 2 aromatic rings. The zero-order valence-corrected chi connectivity index (χ0v) is 25.2. The third-order valence-electron chi connectivity index (χ3n) is 5.32. The van der Waals surface area contributed by atoms with Crippen molar-refractivity contribution in [3.63, 3.8) is 0 Å². The number of carbonyl (C=O) groups excluding carboxylic acids is 6. The van der Waals surface area contributed by atoms with Gasteiger partial charge in [-0.3, -0.25) is 19.2 Å². The maximum Gasteiger partial charge on any atom is 0.440 e. The third kappa shape index (κ3) is 9.35. The fraction of sp³-hybridized carbons (Fsp3) is 0.333. The fourth-order valence-electron chi connectivity index (χ4n) is 3.26. The Balaban J connectivity index is 2.58. The summed E-state index contributed by atoms with van der Waals surface area (Å²) >= 11 is 5.95. The normalized spacial score (nSPS) is 11.6. The van der Waals surface area contributed by atoms with Gasteiger partial charge in [-0.2, -0.15) is 0 Å². The van der Waals surface area contributed by atoms with Gasteiger partial charge in [-0.05, 0) is 57.2 Å². The molecular formula is C27H30ClN3O10P+. The Hall–Kier alpha value is -4.35. The Bertz CT molecular complexity index is 1330. The largest absolute Gasteiger partial charge is 0.440 e. The highest BCUT2D eigenvalue weighted by Gasteiger charge is 2.43. The number of hydrogen-bond donors (Lipinski definition) is 0. The number of nitrogens with zero attached hydrogens (tertiary/aromatic N) is 3. The lowest BCUT2D eigenvalue weighted by molar-refractivity contribution is -0.193. The minimum absolute atomic E-state index is 0.0850. The summed E-state index contributed by atoms with van der Waals surface area (Å²) in [7, 11) is 0.195. The molecule has 42 heavy (non-hydrogen) atoms. The first-order valence-corrected chi connectivity index (χ1v) is 13.8. The van der Waals surface area contributed by atoms with Gasteiger partial charge in [0.2, 0.25) is 5.91 Å². The van der Waals surface area contributed by atoms with Crippen LogP contribution in [0.15, 0.2) is 54.6 Å². The number of likely N-dealkylation sites (N-methyl/N-ethyl adjacent to an activating group) is 1. The van der Waals surface area contributed by atoms with E-state index in [1.807, 2.05) is 0 Å². The minimum Gasteiger partial charge on any atom is -0.414 e. The topological polar surface area (TPSA) is 157 Å². The van der Waals surface area contributed by atoms with Gasteiger partial charge in [-0.1, -0.05) is 34.4 Å². The molecule has 2 aromatic carbocycles. The number of hydrazine groups is 1. The smallest absolute Gasteiger partial charge is 0.414 e. The van der Waals surface area contributed by atoms with Crippen LogP contribution in [0.5, 0.6) is 0 Å². The van der Waals surface area contributed by atoms with Crippen LogP contribution < -0.4 is 0 Å². The summed E-state index contributed by atoms with van der Waals surface area (Å²) < 4.78 is 25.7. The number of rotatable bonds is 9. The van der Waals surface area contributed by atoms with E-state index in [-0.39, 0.29) is 16.1 Å². The average molecular weight is 623 g/mol. The molecule has 0 fully saturated rings. The number of hydrogen-bond acceptors (Lipinski definition) is 10. The average Bonchev–Trinajstić information content (AvgIpc) is 2.93. The molecule has 0 aliphatic rings. The Morgan fingerprint density at radius 2 is 1.45 bits per heavy atom. The summed E-state index contributed by atoms with van der Waals surface area (Å²) in [6, 6.07) is 13.1. The van der Waals surface area contributed by atoms with Crippen molar-refractivity contribution in [3.8, 4) is 0 Å². The first-order chi connectivity index (χ1) is 19.7. The standard InChI is InChI=1S/C27H29ClN3O10P/c1-17(32)29(5)15-21(33)40-25(24(36)39-16-42-38)41-26(37)30(22(34)19-11-13-20(28)14-12-19)31(27(2,3)4)23(35)18-9-7-6-8-10-18/h6-14,25H,15-16H2,1-5H3/p+1. The molecule has 0 radical (unpaired) electrons. The molecule has 0 saturated carbocycles. The Kier molecular flexibility index (Phi) is 12.1. The van der Waals surface area contributed by atoms with Gasteiger partial charge in [0.25, 0.3) is 18.2 Å². The summed E-state index contributed by atoms with van der Waals surface area (Å²) in [5.41, 5.74) is -1.22. The van der Waals surface area contributed by atoms with Gasteiger partial charge in [0.15, 0.2) is 0 Å². The van der Waals surface area contributed by atoms with E-state index in [1.165, 1.54) is 50.4 Å². The van der Waals surface area contributed by atoms with Crippen molar-refractivity contribution in [3.05, 3.63) is 70.7 Å². The quantitative estimate of drug-likeness (QED) is 0.175. The molecular weight excluding hydrogens is 593 g/mol. The van der Waals surface area contributed by atoms with E-state index < -0.39 is 68.9 Å². The molecule has 0 heterocycles. The van der Waals surface area contributed by atoms with E-state index in [0.29, 0.717) is 5.01 Å². The second-order valence-electron chi connectivity index (χ2n) is 9.61. The Morgan fingerprint density at radius 1 is 0.881 bits per heavy atom. The summed E-state index contributed by atoms with van der Waals surface area (Å²) in [6.45, 7) is 5.18. The van der Waals surface area contributed by atoms with E-state index in [0.717, 1.165) is 9.91 Å². The maximum atomic E-state index is 13.8. The SMILES string of the molecule is CC(=O)N(C)CC(=O)OC(OC(=O)N(C(=O)c1ccc(Cl)cc1)N(C(=O)c1ccccc1)C(C)(C)C)C(=O)OC[PH+]=O. The molecule has 224 valence electrons. The predicted molar refractivity (Wildman–Crippen MR) is 150 cm³/mol. The molecule has 0 saturated heterocycles. The van der Waals surface area contributed by atoms with E-state index in [2.05, 4.69) is 0 Å². The Labute approximate surface area is 248 Å². The lowest BCUT2D eigenvalue weighted by Gasteiger charge is -2.41. The number of esters is 2. The van der Waals surface area contributed by atoms with Crippen molar-refractivity contribution in [1.82, 2.24) is 14.9 Å². The van der Waals surface area contributed by atoms with Crippen molar-refractivity contribution in [2.24, 2.45) is 0 Å². The molecule has 0 spiro atoms. The van der Waals surface area contributed by atoms with Crippen molar-refractivity contribution in [1.29, 1.82) is 0 Å². The van der Waals surface area contributed by atoms with Crippen LogP contribution in [0.25, 0.3) is 0 Å². The van der Waals surface area contributed by atoms with Crippen molar-refractivity contribution < 1.29 is 47.5 Å². The van der Waals surface area contributed by atoms with Crippen LogP contribution in [0.3, 0.4) is 0 Å². The highest BCUT2D eigenvalue weighted by Crippen LogP contribution is 2.24. The van der Waals surface area contributed by atoms with Crippen molar-refractivity contribution in [2.75, 3.05) is 19.9 Å². The van der Waals surface area contributed by atoms with Crippen LogP contribution >= 0.6 is 20.1 Å². The molecule has 2 atom stereocenters. The van der Waals surface area contributed by atoms with Crippen molar-refractivity contribution >= 4 is 55.8 Å². The number of carbonyl (C=O) groups is 6. The Morgan fingerprint density at radius 3 is 1.98 bits per heavy atom. The van der Waals surface area contributed by atoms with E-state index in [1.54, 1.807) is 39.0 Å². The van der Waals surface area contributed by atoms with Gasteiger partial charge in [0.1, 0.15) is 6.54 Å². The number of ether oxygens (including phenoxy) is 3. The summed E-state index contributed by atoms with van der Waals surface area (Å²) in [4.78, 5) is 78.7. The number of benzene rings is 2. The fourth-order valence-corrected chi connectivity index (χ4v) is 3.59. The molecule has 0 aromatic heterocycles. The molecule has 0 N–H and O–H groups in total. The van der Waals surface area contributed by atoms with Gasteiger partial charge in [-0.25, -0.2) is 14.6 Å². The van der Waals surface area contributed by atoms with Crippen LogP contribution in [0, 0.1) is 0 Å². The first-order valence-electron chi connectivity index (χ1n) is 12.3. The van der Waals surface area contributed by atoms with E-state index in [9.17, 15) is 33.3 Å². The molecule has 0 aliphatic carbocycles. The van der Waals surface area contributed by atoms with Gasteiger partial charge in [0, 0.05) is 30.1 Å². The van der Waals surface area contributed by atoms with Crippen LogP contribution in [0.1, 0.15) is 48.4 Å².